The third kappa shape index (κ3) is 2.47. The maximum atomic E-state index is 5.93. The molecule has 1 aliphatic heterocycles. The molecule has 0 spiro atoms. The molecule has 2 fully saturated rings. The number of anilines is 1. The Hall–Kier alpha value is -1.02. The van der Waals surface area contributed by atoms with E-state index in [1.165, 1.54) is 50.8 Å². The molecule has 0 radical (unpaired) electrons. The molecule has 1 saturated carbocycles. The SMILES string of the molecule is Nc1cccc(C(C2CC2)N2CCCCC2)c1. The van der Waals surface area contributed by atoms with Crippen LogP contribution in [-0.2, 0) is 0 Å². The molecule has 2 heteroatoms. The number of benzene rings is 1. The van der Waals surface area contributed by atoms with Gasteiger partial charge < -0.3 is 5.73 Å². The second-order valence-electron chi connectivity index (χ2n) is 5.55. The summed E-state index contributed by atoms with van der Waals surface area (Å²) in [6, 6.07) is 9.16. The molecular formula is C15H22N2. The lowest BCUT2D eigenvalue weighted by Gasteiger charge is -2.35. The first-order chi connectivity index (χ1) is 8.34. The highest BCUT2D eigenvalue weighted by Crippen LogP contribution is 2.45. The largest absolute Gasteiger partial charge is 0.399 e. The van der Waals surface area contributed by atoms with E-state index in [1.54, 1.807) is 0 Å². The van der Waals surface area contributed by atoms with Gasteiger partial charge in [0.2, 0.25) is 0 Å². The third-order valence-corrected chi connectivity index (χ3v) is 4.10. The molecule has 1 heterocycles. The van der Waals surface area contributed by atoms with Crippen molar-refractivity contribution in [3.05, 3.63) is 29.8 Å². The number of nitrogens with zero attached hydrogens (tertiary/aromatic N) is 1. The zero-order valence-electron chi connectivity index (χ0n) is 10.4. The Kier molecular flexibility index (Phi) is 3.06. The van der Waals surface area contributed by atoms with Crippen LogP contribution in [0.1, 0.15) is 43.7 Å². The first-order valence-corrected chi connectivity index (χ1v) is 6.94. The first-order valence-electron chi connectivity index (χ1n) is 6.94. The second kappa shape index (κ2) is 4.69. The van der Waals surface area contributed by atoms with E-state index in [4.69, 9.17) is 5.73 Å². The number of nitrogen functional groups attached to an aromatic ring is 1. The summed E-state index contributed by atoms with van der Waals surface area (Å²) < 4.78 is 0. The lowest BCUT2D eigenvalue weighted by Crippen LogP contribution is -2.34. The molecule has 2 nitrogen and oxygen atoms in total. The topological polar surface area (TPSA) is 29.3 Å². The van der Waals surface area contributed by atoms with Crippen LogP contribution in [0.15, 0.2) is 24.3 Å². The highest BCUT2D eigenvalue weighted by Gasteiger charge is 2.36. The van der Waals surface area contributed by atoms with Gasteiger partial charge in [-0.2, -0.15) is 0 Å². The summed E-state index contributed by atoms with van der Waals surface area (Å²) in [6.45, 7) is 2.55. The monoisotopic (exact) mass is 230 g/mol. The number of nitrogens with two attached hydrogens (primary N) is 1. The van der Waals surface area contributed by atoms with Gasteiger partial charge in [0.1, 0.15) is 0 Å². The van der Waals surface area contributed by atoms with Crippen molar-refractivity contribution in [1.82, 2.24) is 4.90 Å². The van der Waals surface area contributed by atoms with E-state index < -0.39 is 0 Å². The van der Waals surface area contributed by atoms with E-state index in [9.17, 15) is 0 Å². The van der Waals surface area contributed by atoms with Gasteiger partial charge >= 0.3 is 0 Å². The standard InChI is InChI=1S/C15H22N2/c16-14-6-4-5-13(11-14)15(12-7-8-12)17-9-2-1-3-10-17/h4-6,11-12,15H,1-3,7-10,16H2. The lowest BCUT2D eigenvalue weighted by atomic mass is 9.97. The summed E-state index contributed by atoms with van der Waals surface area (Å²) in [5.74, 6) is 0.884. The molecule has 2 aliphatic rings. The smallest absolute Gasteiger partial charge is 0.0377 e. The molecule has 1 unspecified atom stereocenters. The summed E-state index contributed by atoms with van der Waals surface area (Å²) in [5, 5.41) is 0. The molecule has 92 valence electrons. The number of rotatable bonds is 3. The van der Waals surface area contributed by atoms with Crippen molar-refractivity contribution in [2.24, 2.45) is 5.92 Å². The van der Waals surface area contributed by atoms with Crippen LogP contribution in [0.3, 0.4) is 0 Å². The Labute approximate surface area is 104 Å². The minimum absolute atomic E-state index is 0.638. The van der Waals surface area contributed by atoms with Gasteiger partial charge in [0, 0.05) is 11.7 Å². The number of hydrogen-bond donors (Lipinski definition) is 1. The average molecular weight is 230 g/mol. The molecule has 0 bridgehead atoms. The van der Waals surface area contributed by atoms with Gasteiger partial charge in [0.05, 0.1) is 0 Å². The van der Waals surface area contributed by atoms with Crippen molar-refractivity contribution in [3.63, 3.8) is 0 Å². The maximum Gasteiger partial charge on any atom is 0.0377 e. The molecule has 2 N–H and O–H groups in total. The lowest BCUT2D eigenvalue weighted by molar-refractivity contribution is 0.147. The number of piperidine rings is 1. The van der Waals surface area contributed by atoms with Crippen LogP contribution in [0.2, 0.25) is 0 Å². The van der Waals surface area contributed by atoms with Crippen molar-refractivity contribution >= 4 is 5.69 Å². The molecule has 1 aromatic rings. The summed E-state index contributed by atoms with van der Waals surface area (Å²) >= 11 is 0. The quantitative estimate of drug-likeness (QED) is 0.808. The molecule has 1 aromatic carbocycles. The van der Waals surface area contributed by atoms with Crippen LogP contribution in [0.5, 0.6) is 0 Å². The van der Waals surface area contributed by atoms with Crippen LogP contribution in [-0.4, -0.2) is 18.0 Å². The van der Waals surface area contributed by atoms with Crippen molar-refractivity contribution in [2.75, 3.05) is 18.8 Å². The van der Waals surface area contributed by atoms with E-state index in [1.807, 2.05) is 6.07 Å². The normalized spacial score (nSPS) is 23.5. The van der Waals surface area contributed by atoms with Crippen molar-refractivity contribution in [1.29, 1.82) is 0 Å². The summed E-state index contributed by atoms with van der Waals surface area (Å²) in [4.78, 5) is 2.69. The molecule has 1 saturated heterocycles. The van der Waals surface area contributed by atoms with Gasteiger partial charge in [-0.15, -0.1) is 0 Å². The predicted molar refractivity (Wildman–Crippen MR) is 71.7 cm³/mol. The van der Waals surface area contributed by atoms with Crippen molar-refractivity contribution in [3.8, 4) is 0 Å². The molecule has 0 amide bonds. The summed E-state index contributed by atoms with van der Waals surface area (Å²) in [7, 11) is 0. The van der Waals surface area contributed by atoms with Gasteiger partial charge in [-0.1, -0.05) is 18.6 Å². The van der Waals surface area contributed by atoms with Crippen molar-refractivity contribution < 1.29 is 0 Å². The van der Waals surface area contributed by atoms with E-state index >= 15 is 0 Å². The first kappa shape index (κ1) is 11.1. The Morgan fingerprint density at radius 3 is 2.53 bits per heavy atom. The average Bonchev–Trinajstić information content (AvgIpc) is 3.15. The highest BCUT2D eigenvalue weighted by molar-refractivity contribution is 5.42. The fourth-order valence-electron chi connectivity index (χ4n) is 3.13. The molecule has 1 atom stereocenters. The van der Waals surface area contributed by atoms with Crippen LogP contribution < -0.4 is 5.73 Å². The Morgan fingerprint density at radius 2 is 1.88 bits per heavy atom. The zero-order chi connectivity index (χ0) is 11.7. The van der Waals surface area contributed by atoms with Crippen LogP contribution in [0.4, 0.5) is 5.69 Å². The number of likely N-dealkylation sites (tertiary alicyclic amines) is 1. The van der Waals surface area contributed by atoms with Gasteiger partial charge in [-0.25, -0.2) is 0 Å². The summed E-state index contributed by atoms with van der Waals surface area (Å²) in [5.41, 5.74) is 8.27. The molecule has 1 aliphatic carbocycles. The van der Waals surface area contributed by atoms with Crippen LogP contribution >= 0.6 is 0 Å². The van der Waals surface area contributed by atoms with Crippen LogP contribution in [0, 0.1) is 5.92 Å². The van der Waals surface area contributed by atoms with Crippen LogP contribution in [0.25, 0.3) is 0 Å². The van der Waals surface area contributed by atoms with E-state index in [0.717, 1.165) is 11.6 Å². The van der Waals surface area contributed by atoms with Gasteiger partial charge in [0.15, 0.2) is 0 Å². The zero-order valence-corrected chi connectivity index (χ0v) is 10.4. The van der Waals surface area contributed by atoms with Gasteiger partial charge in [-0.3, -0.25) is 4.90 Å². The van der Waals surface area contributed by atoms with E-state index in [-0.39, 0.29) is 0 Å². The summed E-state index contributed by atoms with van der Waals surface area (Å²) in [6.07, 6.45) is 6.94. The van der Waals surface area contributed by atoms with Crippen molar-refractivity contribution in [2.45, 2.75) is 38.1 Å². The number of hydrogen-bond acceptors (Lipinski definition) is 2. The molecular weight excluding hydrogens is 208 g/mol. The molecule has 3 rings (SSSR count). The fraction of sp³-hybridized carbons (Fsp3) is 0.600. The highest BCUT2D eigenvalue weighted by atomic mass is 15.2. The minimum Gasteiger partial charge on any atom is -0.399 e. The van der Waals surface area contributed by atoms with E-state index in [2.05, 4.69) is 23.1 Å². The van der Waals surface area contributed by atoms with E-state index in [0.29, 0.717) is 6.04 Å². The minimum atomic E-state index is 0.638. The predicted octanol–water partition coefficient (Wildman–Crippen LogP) is 3.21. The maximum absolute atomic E-state index is 5.93. The Bertz CT molecular complexity index is 378. The third-order valence-electron chi connectivity index (χ3n) is 4.10. The Balaban J connectivity index is 1.83. The Morgan fingerprint density at radius 1 is 1.12 bits per heavy atom. The fourth-order valence-corrected chi connectivity index (χ4v) is 3.13. The molecule has 17 heavy (non-hydrogen) atoms. The second-order valence-corrected chi connectivity index (χ2v) is 5.55. The molecule has 0 aromatic heterocycles. The van der Waals surface area contributed by atoms with Gasteiger partial charge in [0.25, 0.3) is 0 Å². The van der Waals surface area contributed by atoms with Gasteiger partial charge in [-0.05, 0) is 62.4 Å².